The second-order valence-electron chi connectivity index (χ2n) is 5.47. The SMILES string of the molecule is CCCC1(C(=O)O)CCN(C(=O)c2cccnc2F)CC1. The lowest BCUT2D eigenvalue weighted by Crippen LogP contribution is -2.46. The van der Waals surface area contributed by atoms with E-state index in [4.69, 9.17) is 0 Å². The molecule has 0 atom stereocenters. The summed E-state index contributed by atoms with van der Waals surface area (Å²) in [6.45, 7) is 2.62. The Morgan fingerprint density at radius 2 is 2.10 bits per heavy atom. The van der Waals surface area contributed by atoms with Gasteiger partial charge in [0.05, 0.1) is 11.0 Å². The molecule has 21 heavy (non-hydrogen) atoms. The van der Waals surface area contributed by atoms with Gasteiger partial charge >= 0.3 is 5.97 Å². The molecule has 0 spiro atoms. The fourth-order valence-electron chi connectivity index (χ4n) is 2.90. The highest BCUT2D eigenvalue weighted by Crippen LogP contribution is 2.36. The Labute approximate surface area is 122 Å². The number of carboxylic acid groups (broad SMARTS) is 1. The normalized spacial score (nSPS) is 17.5. The molecule has 1 amide bonds. The molecule has 1 aromatic rings. The first-order chi connectivity index (χ1) is 10.00. The molecular formula is C15H19FN2O3. The van der Waals surface area contributed by atoms with Crippen molar-refractivity contribution in [3.63, 3.8) is 0 Å². The van der Waals surface area contributed by atoms with Crippen LogP contribution in [-0.2, 0) is 4.79 Å². The Morgan fingerprint density at radius 3 is 2.62 bits per heavy atom. The topological polar surface area (TPSA) is 70.5 Å². The van der Waals surface area contributed by atoms with Gasteiger partial charge in [0.25, 0.3) is 5.91 Å². The molecular weight excluding hydrogens is 275 g/mol. The van der Waals surface area contributed by atoms with Crippen molar-refractivity contribution in [1.82, 2.24) is 9.88 Å². The number of aromatic nitrogens is 1. The van der Waals surface area contributed by atoms with Crippen molar-refractivity contribution in [2.45, 2.75) is 32.6 Å². The molecule has 1 saturated heterocycles. The van der Waals surface area contributed by atoms with E-state index in [2.05, 4.69) is 4.98 Å². The summed E-state index contributed by atoms with van der Waals surface area (Å²) in [5.41, 5.74) is -0.810. The van der Waals surface area contributed by atoms with Crippen LogP contribution in [0.3, 0.4) is 0 Å². The molecule has 0 bridgehead atoms. The van der Waals surface area contributed by atoms with Gasteiger partial charge < -0.3 is 10.0 Å². The number of carbonyl (C=O) groups excluding carboxylic acids is 1. The van der Waals surface area contributed by atoms with E-state index in [1.54, 1.807) is 0 Å². The van der Waals surface area contributed by atoms with E-state index in [-0.39, 0.29) is 5.56 Å². The molecule has 1 aliphatic heterocycles. The van der Waals surface area contributed by atoms with Crippen LogP contribution in [0, 0.1) is 11.4 Å². The van der Waals surface area contributed by atoms with Crippen molar-refractivity contribution in [3.05, 3.63) is 29.8 Å². The first-order valence-corrected chi connectivity index (χ1v) is 7.13. The number of piperidine rings is 1. The summed E-state index contributed by atoms with van der Waals surface area (Å²) in [7, 11) is 0. The molecule has 114 valence electrons. The summed E-state index contributed by atoms with van der Waals surface area (Å²) >= 11 is 0. The second kappa shape index (κ2) is 6.20. The smallest absolute Gasteiger partial charge is 0.309 e. The Bertz CT molecular complexity index is 539. The summed E-state index contributed by atoms with van der Waals surface area (Å²) in [5, 5.41) is 9.43. The Balaban J connectivity index is 2.09. The molecule has 5 nitrogen and oxygen atoms in total. The molecule has 0 unspecified atom stereocenters. The summed E-state index contributed by atoms with van der Waals surface area (Å²) in [4.78, 5) is 28.7. The maximum atomic E-state index is 13.5. The highest BCUT2D eigenvalue weighted by Gasteiger charge is 2.41. The second-order valence-corrected chi connectivity index (χ2v) is 5.47. The van der Waals surface area contributed by atoms with Crippen LogP contribution in [0.1, 0.15) is 43.0 Å². The van der Waals surface area contributed by atoms with Gasteiger partial charge in [0.2, 0.25) is 5.95 Å². The number of likely N-dealkylation sites (tertiary alicyclic amines) is 1. The number of hydrogen-bond acceptors (Lipinski definition) is 3. The monoisotopic (exact) mass is 294 g/mol. The van der Waals surface area contributed by atoms with Gasteiger partial charge in [0.15, 0.2) is 0 Å². The standard InChI is InChI=1S/C15H19FN2O3/c1-2-5-15(14(20)21)6-9-18(10-7-15)13(19)11-4-3-8-17-12(11)16/h3-4,8H,2,5-7,9-10H2,1H3,(H,20,21). The predicted octanol–water partition coefficient (Wildman–Crippen LogP) is 2.33. The van der Waals surface area contributed by atoms with Crippen molar-refractivity contribution >= 4 is 11.9 Å². The predicted molar refractivity (Wildman–Crippen MR) is 74.3 cm³/mol. The third-order valence-electron chi connectivity index (χ3n) is 4.18. The average Bonchev–Trinajstić information content (AvgIpc) is 2.48. The fourth-order valence-corrected chi connectivity index (χ4v) is 2.90. The molecule has 0 aliphatic carbocycles. The Kier molecular flexibility index (Phi) is 4.55. The van der Waals surface area contributed by atoms with Crippen LogP contribution in [0.5, 0.6) is 0 Å². The highest BCUT2D eigenvalue weighted by atomic mass is 19.1. The van der Waals surface area contributed by atoms with Gasteiger partial charge in [-0.05, 0) is 31.4 Å². The van der Waals surface area contributed by atoms with Crippen molar-refractivity contribution < 1.29 is 19.1 Å². The number of rotatable bonds is 4. The maximum absolute atomic E-state index is 13.5. The number of carbonyl (C=O) groups is 2. The zero-order valence-electron chi connectivity index (χ0n) is 12.0. The number of hydrogen-bond donors (Lipinski definition) is 1. The molecule has 1 N–H and O–H groups in total. The van der Waals surface area contributed by atoms with Crippen molar-refractivity contribution in [1.29, 1.82) is 0 Å². The minimum absolute atomic E-state index is 0.0594. The molecule has 1 fully saturated rings. The number of amides is 1. The van der Waals surface area contributed by atoms with E-state index >= 15 is 0 Å². The lowest BCUT2D eigenvalue weighted by Gasteiger charge is -2.38. The van der Waals surface area contributed by atoms with Gasteiger partial charge in [0, 0.05) is 19.3 Å². The average molecular weight is 294 g/mol. The van der Waals surface area contributed by atoms with Gasteiger partial charge in [-0.3, -0.25) is 9.59 Å². The van der Waals surface area contributed by atoms with Crippen LogP contribution >= 0.6 is 0 Å². The van der Waals surface area contributed by atoms with E-state index < -0.39 is 23.2 Å². The summed E-state index contributed by atoms with van der Waals surface area (Å²) in [6.07, 6.45) is 3.50. The van der Waals surface area contributed by atoms with E-state index in [9.17, 15) is 19.1 Å². The summed E-state index contributed by atoms with van der Waals surface area (Å²) < 4.78 is 13.5. The van der Waals surface area contributed by atoms with Gasteiger partial charge in [-0.25, -0.2) is 4.98 Å². The van der Waals surface area contributed by atoms with E-state index in [0.29, 0.717) is 32.4 Å². The van der Waals surface area contributed by atoms with Gasteiger partial charge in [0.1, 0.15) is 0 Å². The quantitative estimate of drug-likeness (QED) is 0.865. The van der Waals surface area contributed by atoms with Crippen LogP contribution in [0.15, 0.2) is 18.3 Å². The van der Waals surface area contributed by atoms with Crippen LogP contribution in [0.4, 0.5) is 4.39 Å². The van der Waals surface area contributed by atoms with Gasteiger partial charge in [-0.15, -0.1) is 0 Å². The number of pyridine rings is 1. The van der Waals surface area contributed by atoms with Gasteiger partial charge in [-0.1, -0.05) is 13.3 Å². The van der Waals surface area contributed by atoms with Crippen LogP contribution in [0.2, 0.25) is 0 Å². The summed E-state index contributed by atoms with van der Waals surface area (Å²) in [5.74, 6) is -2.01. The number of nitrogens with zero attached hydrogens (tertiary/aromatic N) is 2. The third kappa shape index (κ3) is 3.04. The molecule has 2 rings (SSSR count). The molecule has 0 saturated carbocycles. The molecule has 0 aromatic carbocycles. The maximum Gasteiger partial charge on any atom is 0.309 e. The number of carboxylic acids is 1. The molecule has 6 heteroatoms. The van der Waals surface area contributed by atoms with Crippen molar-refractivity contribution in [2.24, 2.45) is 5.41 Å². The van der Waals surface area contributed by atoms with E-state index in [1.165, 1.54) is 23.2 Å². The van der Waals surface area contributed by atoms with E-state index in [1.807, 2.05) is 6.92 Å². The molecule has 2 heterocycles. The zero-order valence-corrected chi connectivity index (χ0v) is 12.0. The minimum atomic E-state index is -0.802. The van der Waals surface area contributed by atoms with Crippen LogP contribution in [-0.4, -0.2) is 40.0 Å². The van der Waals surface area contributed by atoms with Gasteiger partial charge in [-0.2, -0.15) is 4.39 Å². The number of aliphatic carboxylic acids is 1. The Hall–Kier alpha value is -1.98. The largest absolute Gasteiger partial charge is 0.481 e. The molecule has 1 aliphatic rings. The first kappa shape index (κ1) is 15.4. The fraction of sp³-hybridized carbons (Fsp3) is 0.533. The Morgan fingerprint density at radius 1 is 1.43 bits per heavy atom. The lowest BCUT2D eigenvalue weighted by molar-refractivity contribution is -0.152. The van der Waals surface area contributed by atoms with E-state index in [0.717, 1.165) is 6.42 Å². The minimum Gasteiger partial charge on any atom is -0.481 e. The van der Waals surface area contributed by atoms with Crippen LogP contribution in [0.25, 0.3) is 0 Å². The van der Waals surface area contributed by atoms with Crippen molar-refractivity contribution in [3.8, 4) is 0 Å². The number of halogens is 1. The first-order valence-electron chi connectivity index (χ1n) is 7.13. The highest BCUT2D eigenvalue weighted by molar-refractivity contribution is 5.94. The molecule has 1 aromatic heterocycles. The summed E-state index contributed by atoms with van der Waals surface area (Å²) in [6, 6.07) is 2.91. The van der Waals surface area contributed by atoms with Crippen LogP contribution < -0.4 is 0 Å². The molecule has 0 radical (unpaired) electrons. The van der Waals surface area contributed by atoms with Crippen molar-refractivity contribution in [2.75, 3.05) is 13.1 Å². The third-order valence-corrected chi connectivity index (χ3v) is 4.18. The zero-order chi connectivity index (χ0) is 15.5. The lowest BCUT2D eigenvalue weighted by atomic mass is 9.75.